The van der Waals surface area contributed by atoms with Crippen LogP contribution in [0.5, 0.6) is 0 Å². The van der Waals surface area contributed by atoms with Crippen molar-refractivity contribution >= 4 is 11.8 Å². The zero-order chi connectivity index (χ0) is 14.2. The van der Waals surface area contributed by atoms with Crippen LogP contribution in [0.2, 0.25) is 0 Å². The molecule has 0 bridgehead atoms. The second-order valence-electron chi connectivity index (χ2n) is 5.67. The van der Waals surface area contributed by atoms with Gasteiger partial charge in [0.15, 0.2) is 0 Å². The van der Waals surface area contributed by atoms with E-state index in [0.29, 0.717) is 6.04 Å². The highest BCUT2D eigenvalue weighted by molar-refractivity contribution is 7.99. The molecule has 1 aromatic rings. The first kappa shape index (κ1) is 15.8. The molecule has 0 radical (unpaired) electrons. The molecule has 0 aliphatic heterocycles. The predicted octanol–water partition coefficient (Wildman–Crippen LogP) is 3.08. The Morgan fingerprint density at radius 1 is 1.35 bits per heavy atom. The number of nitrogens with two attached hydrogens (primary N) is 1. The van der Waals surface area contributed by atoms with Crippen molar-refractivity contribution in [2.45, 2.75) is 63.2 Å². The third-order valence-electron chi connectivity index (χ3n) is 4.07. The lowest BCUT2D eigenvalue weighted by Crippen LogP contribution is -2.39. The highest BCUT2D eigenvalue weighted by Gasteiger charge is 2.16. The van der Waals surface area contributed by atoms with E-state index in [0.717, 1.165) is 29.5 Å². The minimum absolute atomic E-state index is 0.321. The zero-order valence-corrected chi connectivity index (χ0v) is 13.3. The van der Waals surface area contributed by atoms with E-state index in [4.69, 9.17) is 5.84 Å². The fourth-order valence-electron chi connectivity index (χ4n) is 2.69. The van der Waals surface area contributed by atoms with Crippen molar-refractivity contribution in [1.29, 1.82) is 0 Å². The fraction of sp³-hybridized carbons (Fsp3) is 0.688. The number of pyridine rings is 1. The van der Waals surface area contributed by atoms with Gasteiger partial charge in [-0.15, -0.1) is 0 Å². The number of nitrogens with one attached hydrogen (secondary N) is 1. The quantitative estimate of drug-likeness (QED) is 0.599. The molecule has 0 amide bonds. The van der Waals surface area contributed by atoms with Crippen molar-refractivity contribution in [2.24, 2.45) is 5.84 Å². The molecule has 0 spiro atoms. The van der Waals surface area contributed by atoms with Crippen LogP contribution >= 0.6 is 11.8 Å². The number of aromatic nitrogens is 1. The molecule has 20 heavy (non-hydrogen) atoms. The van der Waals surface area contributed by atoms with Crippen LogP contribution in [0.15, 0.2) is 18.3 Å². The Balaban J connectivity index is 1.78. The molecule has 3 nitrogen and oxygen atoms in total. The molecule has 4 heteroatoms. The third kappa shape index (κ3) is 5.08. The van der Waals surface area contributed by atoms with Gasteiger partial charge in [-0.2, -0.15) is 11.8 Å². The van der Waals surface area contributed by atoms with Gasteiger partial charge in [0, 0.05) is 35.4 Å². The predicted molar refractivity (Wildman–Crippen MR) is 87.8 cm³/mol. The number of nitrogens with zero attached hydrogens (tertiary/aromatic N) is 1. The Morgan fingerprint density at radius 3 is 2.75 bits per heavy atom. The van der Waals surface area contributed by atoms with Crippen LogP contribution in [-0.4, -0.2) is 22.0 Å². The first-order valence-electron chi connectivity index (χ1n) is 7.83. The standard InChI is InChI=1S/C16H27N3S/c1-2-13-8-9-14(18-11-13)10-15(19-17)12-20-16-6-4-3-5-7-16/h8-9,11,15-16,19H,2-7,10,12,17H2,1H3. The summed E-state index contributed by atoms with van der Waals surface area (Å²) in [5, 5.41) is 0.843. The minimum atomic E-state index is 0.321. The molecule has 0 aromatic carbocycles. The number of aryl methyl sites for hydroxylation is 1. The lowest BCUT2D eigenvalue weighted by molar-refractivity contribution is 0.512. The Bertz CT molecular complexity index is 374. The van der Waals surface area contributed by atoms with E-state index in [9.17, 15) is 0 Å². The molecule has 0 saturated heterocycles. The molecule has 112 valence electrons. The van der Waals surface area contributed by atoms with Crippen LogP contribution in [0.4, 0.5) is 0 Å². The van der Waals surface area contributed by atoms with Gasteiger partial charge < -0.3 is 0 Å². The first-order chi connectivity index (χ1) is 9.81. The zero-order valence-electron chi connectivity index (χ0n) is 12.5. The first-order valence-corrected chi connectivity index (χ1v) is 8.88. The topological polar surface area (TPSA) is 50.9 Å². The molecule has 2 rings (SSSR count). The summed E-state index contributed by atoms with van der Waals surface area (Å²) in [6, 6.07) is 4.63. The molecule has 3 N–H and O–H groups in total. The molecule has 1 heterocycles. The molecular weight excluding hydrogens is 266 g/mol. The smallest absolute Gasteiger partial charge is 0.0420 e. The van der Waals surface area contributed by atoms with E-state index < -0.39 is 0 Å². The van der Waals surface area contributed by atoms with Gasteiger partial charge in [-0.05, 0) is 30.9 Å². The molecule has 1 unspecified atom stereocenters. The van der Waals surface area contributed by atoms with E-state index >= 15 is 0 Å². The van der Waals surface area contributed by atoms with Crippen LogP contribution < -0.4 is 11.3 Å². The summed E-state index contributed by atoms with van der Waals surface area (Å²) in [5.74, 6) is 6.78. The fourth-order valence-corrected chi connectivity index (χ4v) is 4.07. The molecule has 1 aromatic heterocycles. The van der Waals surface area contributed by atoms with Gasteiger partial charge in [-0.25, -0.2) is 0 Å². The Hall–Kier alpha value is -0.580. The van der Waals surface area contributed by atoms with Crippen molar-refractivity contribution in [3.05, 3.63) is 29.6 Å². The average molecular weight is 293 g/mol. The summed E-state index contributed by atoms with van der Waals surface area (Å²) in [6.07, 6.45) is 10.9. The van der Waals surface area contributed by atoms with E-state index in [1.54, 1.807) is 0 Å². The van der Waals surface area contributed by atoms with Crippen molar-refractivity contribution in [3.8, 4) is 0 Å². The molecule has 1 saturated carbocycles. The average Bonchev–Trinajstić information content (AvgIpc) is 2.53. The van der Waals surface area contributed by atoms with E-state index in [1.165, 1.54) is 37.7 Å². The summed E-state index contributed by atoms with van der Waals surface area (Å²) in [4.78, 5) is 4.53. The van der Waals surface area contributed by atoms with Crippen molar-refractivity contribution in [1.82, 2.24) is 10.4 Å². The highest BCUT2D eigenvalue weighted by Crippen LogP contribution is 2.28. The lowest BCUT2D eigenvalue weighted by atomic mass is 10.0. The third-order valence-corrected chi connectivity index (χ3v) is 5.61. The maximum Gasteiger partial charge on any atom is 0.0420 e. The maximum atomic E-state index is 5.70. The van der Waals surface area contributed by atoms with Crippen molar-refractivity contribution in [3.63, 3.8) is 0 Å². The second-order valence-corrected chi connectivity index (χ2v) is 7.01. The van der Waals surface area contributed by atoms with Gasteiger partial charge in [0.2, 0.25) is 0 Å². The minimum Gasteiger partial charge on any atom is -0.271 e. The maximum absolute atomic E-state index is 5.70. The number of hydrogen-bond acceptors (Lipinski definition) is 4. The molecule has 1 aliphatic rings. The molecular formula is C16H27N3S. The number of hydrazine groups is 1. The van der Waals surface area contributed by atoms with E-state index in [1.807, 2.05) is 6.20 Å². The summed E-state index contributed by atoms with van der Waals surface area (Å²) in [5.41, 5.74) is 5.39. The highest BCUT2D eigenvalue weighted by atomic mass is 32.2. The normalized spacial score (nSPS) is 18.1. The Morgan fingerprint density at radius 2 is 2.15 bits per heavy atom. The van der Waals surface area contributed by atoms with Crippen molar-refractivity contribution < 1.29 is 0 Å². The largest absolute Gasteiger partial charge is 0.271 e. The van der Waals surface area contributed by atoms with Crippen LogP contribution in [0.1, 0.15) is 50.3 Å². The van der Waals surface area contributed by atoms with Gasteiger partial charge in [0.05, 0.1) is 0 Å². The van der Waals surface area contributed by atoms with Gasteiger partial charge in [-0.3, -0.25) is 16.3 Å². The van der Waals surface area contributed by atoms with Crippen LogP contribution in [0.3, 0.4) is 0 Å². The Kier molecular flexibility index (Phi) is 6.83. The second kappa shape index (κ2) is 8.65. The molecule has 1 atom stereocenters. The molecule has 1 aliphatic carbocycles. The number of thioether (sulfide) groups is 1. The van der Waals surface area contributed by atoms with E-state index in [2.05, 4.69) is 41.2 Å². The summed E-state index contributed by atoms with van der Waals surface area (Å²) in [6.45, 7) is 2.15. The number of rotatable bonds is 7. The molecule has 1 fully saturated rings. The van der Waals surface area contributed by atoms with Gasteiger partial charge >= 0.3 is 0 Å². The van der Waals surface area contributed by atoms with Crippen molar-refractivity contribution in [2.75, 3.05) is 5.75 Å². The monoisotopic (exact) mass is 293 g/mol. The lowest BCUT2D eigenvalue weighted by Gasteiger charge is -2.23. The van der Waals surface area contributed by atoms with E-state index in [-0.39, 0.29) is 0 Å². The van der Waals surface area contributed by atoms with Crippen LogP contribution in [0, 0.1) is 0 Å². The summed E-state index contributed by atoms with van der Waals surface area (Å²) in [7, 11) is 0. The number of hydrogen-bond donors (Lipinski definition) is 2. The Labute approximate surface area is 127 Å². The van der Waals surface area contributed by atoms with Crippen LogP contribution in [0.25, 0.3) is 0 Å². The summed E-state index contributed by atoms with van der Waals surface area (Å²) < 4.78 is 0. The van der Waals surface area contributed by atoms with Gasteiger partial charge in [0.25, 0.3) is 0 Å². The summed E-state index contributed by atoms with van der Waals surface area (Å²) >= 11 is 2.09. The van der Waals surface area contributed by atoms with Gasteiger partial charge in [-0.1, -0.05) is 32.3 Å². The van der Waals surface area contributed by atoms with Gasteiger partial charge in [0.1, 0.15) is 0 Å². The SMILES string of the molecule is CCc1ccc(CC(CSC2CCCCC2)NN)nc1. The van der Waals surface area contributed by atoms with Crippen LogP contribution in [-0.2, 0) is 12.8 Å².